The Bertz CT molecular complexity index is 615. The van der Waals surface area contributed by atoms with Crippen LogP contribution in [0.5, 0.6) is 0 Å². The van der Waals surface area contributed by atoms with Gasteiger partial charge in [-0.15, -0.1) is 0 Å². The van der Waals surface area contributed by atoms with Gasteiger partial charge in [-0.3, -0.25) is 9.78 Å². The van der Waals surface area contributed by atoms with E-state index in [1.54, 1.807) is 6.20 Å². The van der Waals surface area contributed by atoms with Gasteiger partial charge in [0.05, 0.1) is 12.0 Å². The average Bonchev–Trinajstić information content (AvgIpc) is 2.62. The second kappa shape index (κ2) is 6.71. The molecule has 2 atom stereocenters. The number of amides is 1. The van der Waals surface area contributed by atoms with Crippen molar-refractivity contribution in [1.82, 2.24) is 15.2 Å². The molecular formula is C18H21N3O. The molecule has 2 aromatic rings. The largest absolute Gasteiger partial charge is 0.339 e. The minimum Gasteiger partial charge on any atom is -0.339 e. The number of benzene rings is 1. The molecule has 0 saturated carbocycles. The number of nitrogens with one attached hydrogen (secondary N) is 1. The van der Waals surface area contributed by atoms with Gasteiger partial charge in [-0.2, -0.15) is 0 Å². The molecule has 1 aromatic heterocycles. The molecule has 2 heterocycles. The summed E-state index contributed by atoms with van der Waals surface area (Å²) in [5.74, 6) is 0.0930. The van der Waals surface area contributed by atoms with Crippen LogP contribution in [0, 0.1) is 0 Å². The Hall–Kier alpha value is -2.20. The maximum atomic E-state index is 12.8. The summed E-state index contributed by atoms with van der Waals surface area (Å²) in [6, 6.07) is 14.1. The van der Waals surface area contributed by atoms with Gasteiger partial charge < -0.3 is 10.2 Å². The van der Waals surface area contributed by atoms with Crippen LogP contribution < -0.4 is 5.32 Å². The molecule has 4 nitrogen and oxygen atoms in total. The van der Waals surface area contributed by atoms with Crippen LogP contribution in [0.2, 0.25) is 0 Å². The van der Waals surface area contributed by atoms with E-state index in [1.165, 1.54) is 0 Å². The standard InChI is InChI=1S/C18H21N3O/c1-14(15-6-3-2-4-7-15)18(22)21-11-10-20-17(13-21)16-8-5-9-19-12-16/h2-9,12,14,17,20H,10-11,13H2,1H3/t14-,17+/m1/s1. The molecule has 0 spiro atoms. The fourth-order valence-electron chi connectivity index (χ4n) is 2.91. The first-order valence-corrected chi connectivity index (χ1v) is 7.73. The van der Waals surface area contributed by atoms with Crippen molar-refractivity contribution in [3.63, 3.8) is 0 Å². The minimum atomic E-state index is -0.103. The predicted molar refractivity (Wildman–Crippen MR) is 86.4 cm³/mol. The highest BCUT2D eigenvalue weighted by molar-refractivity contribution is 5.83. The Morgan fingerprint density at radius 1 is 1.27 bits per heavy atom. The van der Waals surface area contributed by atoms with E-state index in [2.05, 4.69) is 16.4 Å². The van der Waals surface area contributed by atoms with Crippen LogP contribution in [-0.4, -0.2) is 35.4 Å². The molecule has 1 fully saturated rings. The number of pyridine rings is 1. The molecule has 1 aromatic carbocycles. The quantitative estimate of drug-likeness (QED) is 0.945. The van der Waals surface area contributed by atoms with E-state index >= 15 is 0 Å². The lowest BCUT2D eigenvalue weighted by molar-refractivity contribution is -0.133. The van der Waals surface area contributed by atoms with Crippen LogP contribution in [0.15, 0.2) is 54.9 Å². The highest BCUT2D eigenvalue weighted by Crippen LogP contribution is 2.22. The number of nitrogens with zero attached hydrogens (tertiary/aromatic N) is 2. The maximum Gasteiger partial charge on any atom is 0.229 e. The van der Waals surface area contributed by atoms with Crippen molar-refractivity contribution < 1.29 is 4.79 Å². The smallest absolute Gasteiger partial charge is 0.229 e. The third-order valence-corrected chi connectivity index (χ3v) is 4.24. The number of carbonyl (C=O) groups is 1. The van der Waals surface area contributed by atoms with E-state index < -0.39 is 0 Å². The number of hydrogen-bond acceptors (Lipinski definition) is 3. The van der Waals surface area contributed by atoms with Gasteiger partial charge in [0.15, 0.2) is 0 Å². The molecule has 3 rings (SSSR count). The highest BCUT2D eigenvalue weighted by Gasteiger charge is 2.27. The molecule has 1 saturated heterocycles. The van der Waals surface area contributed by atoms with Crippen molar-refractivity contribution in [3.05, 3.63) is 66.0 Å². The van der Waals surface area contributed by atoms with E-state index in [9.17, 15) is 4.79 Å². The summed E-state index contributed by atoms with van der Waals surface area (Å²) in [5.41, 5.74) is 2.20. The average molecular weight is 295 g/mol. The summed E-state index contributed by atoms with van der Waals surface area (Å²) in [6.07, 6.45) is 3.64. The Morgan fingerprint density at radius 2 is 2.09 bits per heavy atom. The van der Waals surface area contributed by atoms with Crippen LogP contribution in [0.25, 0.3) is 0 Å². The summed E-state index contributed by atoms with van der Waals surface area (Å²) in [5, 5.41) is 3.47. The van der Waals surface area contributed by atoms with Gasteiger partial charge >= 0.3 is 0 Å². The van der Waals surface area contributed by atoms with Gasteiger partial charge in [0.2, 0.25) is 5.91 Å². The molecule has 4 heteroatoms. The predicted octanol–water partition coefficient (Wildman–Crippen LogP) is 2.36. The summed E-state index contributed by atoms with van der Waals surface area (Å²) in [4.78, 5) is 18.9. The molecule has 1 N–H and O–H groups in total. The van der Waals surface area contributed by atoms with Gasteiger partial charge in [0.1, 0.15) is 0 Å². The van der Waals surface area contributed by atoms with Crippen molar-refractivity contribution in [2.75, 3.05) is 19.6 Å². The zero-order valence-corrected chi connectivity index (χ0v) is 12.8. The Kier molecular flexibility index (Phi) is 4.49. The van der Waals surface area contributed by atoms with Gasteiger partial charge in [-0.05, 0) is 24.1 Å². The van der Waals surface area contributed by atoms with E-state index in [0.29, 0.717) is 6.54 Å². The van der Waals surface area contributed by atoms with Gasteiger partial charge in [-0.25, -0.2) is 0 Å². The Balaban J connectivity index is 1.70. The molecule has 1 aliphatic rings. The molecule has 0 radical (unpaired) electrons. The number of carbonyl (C=O) groups excluding carboxylic acids is 1. The summed E-state index contributed by atoms with van der Waals surface area (Å²) >= 11 is 0. The third-order valence-electron chi connectivity index (χ3n) is 4.24. The molecule has 0 bridgehead atoms. The van der Waals surface area contributed by atoms with Crippen LogP contribution >= 0.6 is 0 Å². The number of rotatable bonds is 3. The molecule has 114 valence electrons. The van der Waals surface area contributed by atoms with Crippen molar-refractivity contribution in [3.8, 4) is 0 Å². The molecule has 1 aliphatic heterocycles. The van der Waals surface area contributed by atoms with E-state index in [4.69, 9.17) is 0 Å². The highest BCUT2D eigenvalue weighted by atomic mass is 16.2. The van der Waals surface area contributed by atoms with Gasteiger partial charge in [-0.1, -0.05) is 36.4 Å². The molecular weight excluding hydrogens is 274 g/mol. The van der Waals surface area contributed by atoms with Crippen molar-refractivity contribution >= 4 is 5.91 Å². The number of aromatic nitrogens is 1. The number of piperazine rings is 1. The first-order chi connectivity index (χ1) is 10.8. The monoisotopic (exact) mass is 295 g/mol. The van der Waals surface area contributed by atoms with Crippen LogP contribution in [0.4, 0.5) is 0 Å². The first-order valence-electron chi connectivity index (χ1n) is 7.73. The normalized spacial score (nSPS) is 19.7. The zero-order chi connectivity index (χ0) is 15.4. The Morgan fingerprint density at radius 3 is 2.82 bits per heavy atom. The minimum absolute atomic E-state index is 0.103. The molecule has 0 aliphatic carbocycles. The summed E-state index contributed by atoms with van der Waals surface area (Å²) in [7, 11) is 0. The molecule has 0 unspecified atom stereocenters. The van der Waals surface area contributed by atoms with Crippen molar-refractivity contribution in [2.45, 2.75) is 18.9 Å². The lowest BCUT2D eigenvalue weighted by atomic mass is 9.98. The second-order valence-electron chi connectivity index (χ2n) is 5.71. The number of hydrogen-bond donors (Lipinski definition) is 1. The summed E-state index contributed by atoms with van der Waals surface area (Å²) in [6.45, 7) is 4.25. The lowest BCUT2D eigenvalue weighted by Gasteiger charge is -2.35. The van der Waals surface area contributed by atoms with E-state index in [-0.39, 0.29) is 17.9 Å². The summed E-state index contributed by atoms with van der Waals surface area (Å²) < 4.78 is 0. The lowest BCUT2D eigenvalue weighted by Crippen LogP contribution is -2.49. The third kappa shape index (κ3) is 3.17. The SMILES string of the molecule is C[C@@H](C(=O)N1CCN[C@H](c2cccnc2)C1)c1ccccc1. The fourth-order valence-corrected chi connectivity index (χ4v) is 2.91. The van der Waals surface area contributed by atoms with Crippen LogP contribution in [0.3, 0.4) is 0 Å². The molecule has 1 amide bonds. The molecule has 22 heavy (non-hydrogen) atoms. The second-order valence-corrected chi connectivity index (χ2v) is 5.71. The van der Waals surface area contributed by atoms with Crippen LogP contribution in [-0.2, 0) is 4.79 Å². The zero-order valence-electron chi connectivity index (χ0n) is 12.8. The van der Waals surface area contributed by atoms with Crippen molar-refractivity contribution in [1.29, 1.82) is 0 Å². The van der Waals surface area contributed by atoms with Crippen molar-refractivity contribution in [2.24, 2.45) is 0 Å². The van der Waals surface area contributed by atoms with E-state index in [0.717, 1.165) is 24.2 Å². The van der Waals surface area contributed by atoms with E-state index in [1.807, 2.05) is 54.4 Å². The first kappa shape index (κ1) is 14.7. The Labute approximate surface area is 131 Å². The van der Waals surface area contributed by atoms with Gasteiger partial charge in [0, 0.05) is 32.0 Å². The fraction of sp³-hybridized carbons (Fsp3) is 0.333. The topological polar surface area (TPSA) is 45.2 Å². The van der Waals surface area contributed by atoms with Crippen LogP contribution in [0.1, 0.15) is 30.0 Å². The maximum absolute atomic E-state index is 12.8. The van der Waals surface area contributed by atoms with Gasteiger partial charge in [0.25, 0.3) is 0 Å².